The third-order valence-corrected chi connectivity index (χ3v) is 10.0. The van der Waals surface area contributed by atoms with Gasteiger partial charge in [0.05, 0.1) is 16.6 Å². The molecule has 48 heavy (non-hydrogen) atoms. The highest BCUT2D eigenvalue weighted by Crippen LogP contribution is 2.43. The Morgan fingerprint density at radius 2 is 1.04 bits per heavy atom. The largest absolute Gasteiger partial charge is 0.277 e. The molecule has 10 rings (SSSR count). The molecule has 7 heteroatoms. The zero-order valence-electron chi connectivity index (χ0n) is 25.4. The minimum atomic E-state index is 0.523. The van der Waals surface area contributed by atoms with E-state index in [0.717, 1.165) is 22.2 Å². The number of hydrogen-bond acceptors (Lipinski definition) is 6. The molecule has 0 unspecified atom stereocenters. The summed E-state index contributed by atoms with van der Waals surface area (Å²) in [5.74, 6) is 2.32. The van der Waals surface area contributed by atoms with Crippen molar-refractivity contribution in [3.63, 3.8) is 0 Å². The summed E-state index contributed by atoms with van der Waals surface area (Å²) >= 11 is 1.83. The summed E-state index contributed by atoms with van der Waals surface area (Å²) in [6, 6.07) is 46.1. The van der Waals surface area contributed by atoms with Crippen molar-refractivity contribution in [2.45, 2.75) is 0 Å². The third-order valence-electron chi connectivity index (χ3n) is 8.93. The van der Waals surface area contributed by atoms with E-state index in [2.05, 4.69) is 77.4 Å². The van der Waals surface area contributed by atoms with Crippen LogP contribution in [-0.2, 0) is 0 Å². The molecule has 10 aromatic rings. The molecule has 0 bridgehead atoms. The number of benzene rings is 6. The highest BCUT2D eigenvalue weighted by molar-refractivity contribution is 7.26. The maximum Gasteiger partial charge on any atom is 0.234 e. The Balaban J connectivity index is 1.18. The van der Waals surface area contributed by atoms with Gasteiger partial charge in [-0.1, -0.05) is 109 Å². The van der Waals surface area contributed by atoms with Crippen LogP contribution < -0.4 is 0 Å². The fourth-order valence-electron chi connectivity index (χ4n) is 6.70. The molecule has 0 amide bonds. The summed E-state index contributed by atoms with van der Waals surface area (Å²) < 4.78 is 4.71. The van der Waals surface area contributed by atoms with E-state index in [-0.39, 0.29) is 0 Å². The van der Waals surface area contributed by atoms with Gasteiger partial charge in [-0.25, -0.2) is 24.9 Å². The zero-order chi connectivity index (χ0) is 31.6. The van der Waals surface area contributed by atoms with Crippen LogP contribution in [0.4, 0.5) is 0 Å². The van der Waals surface area contributed by atoms with Crippen LogP contribution >= 0.6 is 11.3 Å². The SMILES string of the molecule is c1ccc(-c2nc(-c3ccccc3)nc(-c3cnc(-n4c5ccccc5c5ccc6sc7cc8ccccc8cc7c6c54)nc3)n2)cc1. The van der Waals surface area contributed by atoms with Crippen LogP contribution in [-0.4, -0.2) is 29.5 Å². The Morgan fingerprint density at radius 3 is 1.73 bits per heavy atom. The molecular formula is C41H24N6S. The summed E-state index contributed by atoms with van der Waals surface area (Å²) in [6.45, 7) is 0. The number of fused-ring (bicyclic) bond motifs is 8. The van der Waals surface area contributed by atoms with E-state index in [1.165, 1.54) is 41.7 Å². The molecule has 4 aromatic heterocycles. The first-order chi connectivity index (χ1) is 23.8. The standard InChI is InChI=1S/C41H24N6S/c1-3-11-25(12-4-1)38-44-39(26-13-5-2-6-14-26)46-40(45-38)29-23-42-41(43-24-29)47-33-18-10-9-17-30(33)31-19-20-34-36(37(31)47)32-21-27-15-7-8-16-28(27)22-35(32)48-34/h1-24H. The Bertz CT molecular complexity index is 2770. The van der Waals surface area contributed by atoms with E-state index in [4.69, 9.17) is 24.9 Å². The fraction of sp³-hybridized carbons (Fsp3) is 0. The van der Waals surface area contributed by atoms with Crippen LogP contribution in [0.25, 0.3) is 92.9 Å². The van der Waals surface area contributed by atoms with Crippen LogP contribution in [0, 0.1) is 0 Å². The molecule has 0 fully saturated rings. The second-order valence-electron chi connectivity index (χ2n) is 11.8. The van der Waals surface area contributed by atoms with Gasteiger partial charge in [-0.05, 0) is 35.0 Å². The number of para-hydroxylation sites is 1. The molecule has 224 valence electrons. The van der Waals surface area contributed by atoms with Gasteiger partial charge in [0.1, 0.15) is 0 Å². The molecule has 0 saturated carbocycles. The molecule has 0 aliphatic heterocycles. The molecule has 0 aliphatic carbocycles. The van der Waals surface area contributed by atoms with E-state index in [1.54, 1.807) is 0 Å². The number of hydrogen-bond donors (Lipinski definition) is 0. The monoisotopic (exact) mass is 632 g/mol. The normalized spacial score (nSPS) is 11.8. The van der Waals surface area contributed by atoms with Gasteiger partial charge in [0.15, 0.2) is 17.5 Å². The van der Waals surface area contributed by atoms with E-state index in [0.29, 0.717) is 29.0 Å². The van der Waals surface area contributed by atoms with Crippen LogP contribution in [0.2, 0.25) is 0 Å². The number of rotatable bonds is 4. The average Bonchev–Trinajstić information content (AvgIpc) is 3.69. The summed E-state index contributed by atoms with van der Waals surface area (Å²) in [7, 11) is 0. The predicted molar refractivity (Wildman–Crippen MR) is 196 cm³/mol. The Morgan fingerprint density at radius 1 is 0.458 bits per heavy atom. The van der Waals surface area contributed by atoms with Crippen molar-refractivity contribution in [1.29, 1.82) is 0 Å². The minimum absolute atomic E-state index is 0.523. The first-order valence-corrected chi connectivity index (χ1v) is 16.6. The predicted octanol–water partition coefficient (Wildman–Crippen LogP) is 10.3. The van der Waals surface area contributed by atoms with E-state index >= 15 is 0 Å². The molecule has 6 nitrogen and oxygen atoms in total. The Kier molecular flexibility index (Phi) is 5.94. The van der Waals surface area contributed by atoms with E-state index in [1.807, 2.05) is 84.4 Å². The summed E-state index contributed by atoms with van der Waals surface area (Å²) in [5.41, 5.74) is 4.72. The van der Waals surface area contributed by atoms with Gasteiger partial charge in [0.2, 0.25) is 5.95 Å². The van der Waals surface area contributed by atoms with E-state index < -0.39 is 0 Å². The van der Waals surface area contributed by atoms with Crippen molar-refractivity contribution in [3.8, 4) is 40.1 Å². The number of aromatic nitrogens is 6. The van der Waals surface area contributed by atoms with Crippen LogP contribution in [0.1, 0.15) is 0 Å². The van der Waals surface area contributed by atoms with Crippen molar-refractivity contribution >= 4 is 64.1 Å². The lowest BCUT2D eigenvalue weighted by Gasteiger charge is -2.10. The van der Waals surface area contributed by atoms with Crippen molar-refractivity contribution < 1.29 is 0 Å². The molecular weight excluding hydrogens is 609 g/mol. The molecule has 6 aromatic carbocycles. The number of nitrogens with zero attached hydrogens (tertiary/aromatic N) is 6. The lowest BCUT2D eigenvalue weighted by molar-refractivity contribution is 0.984. The lowest BCUT2D eigenvalue weighted by atomic mass is 10.0. The fourth-order valence-corrected chi connectivity index (χ4v) is 7.84. The summed E-state index contributed by atoms with van der Waals surface area (Å²) in [4.78, 5) is 24.5. The minimum Gasteiger partial charge on any atom is -0.277 e. The smallest absolute Gasteiger partial charge is 0.234 e. The summed E-state index contributed by atoms with van der Waals surface area (Å²) in [6.07, 6.45) is 3.64. The zero-order valence-corrected chi connectivity index (χ0v) is 26.3. The molecule has 0 radical (unpaired) electrons. The van der Waals surface area contributed by atoms with Crippen molar-refractivity contribution in [2.75, 3.05) is 0 Å². The van der Waals surface area contributed by atoms with Gasteiger partial charge in [-0.2, -0.15) is 0 Å². The molecule has 0 N–H and O–H groups in total. The topological polar surface area (TPSA) is 69.4 Å². The van der Waals surface area contributed by atoms with Crippen molar-refractivity contribution in [1.82, 2.24) is 29.5 Å². The molecule has 0 aliphatic rings. The first kappa shape index (κ1) is 26.9. The Labute approximate surface area is 278 Å². The molecule has 0 spiro atoms. The van der Waals surface area contributed by atoms with Gasteiger partial charge in [-0.3, -0.25) is 4.57 Å². The van der Waals surface area contributed by atoms with Gasteiger partial charge in [0, 0.05) is 54.5 Å². The van der Waals surface area contributed by atoms with Crippen molar-refractivity contribution in [2.24, 2.45) is 0 Å². The molecule has 0 saturated heterocycles. The van der Waals surface area contributed by atoms with Gasteiger partial charge < -0.3 is 0 Å². The molecule has 0 atom stereocenters. The Hall–Kier alpha value is -6.31. The maximum atomic E-state index is 4.98. The maximum absolute atomic E-state index is 4.98. The quantitative estimate of drug-likeness (QED) is 0.193. The second-order valence-corrected chi connectivity index (χ2v) is 12.9. The van der Waals surface area contributed by atoms with Crippen LogP contribution in [0.5, 0.6) is 0 Å². The van der Waals surface area contributed by atoms with Crippen molar-refractivity contribution in [3.05, 3.63) is 146 Å². The van der Waals surface area contributed by atoms with Crippen LogP contribution in [0.3, 0.4) is 0 Å². The summed E-state index contributed by atoms with van der Waals surface area (Å²) in [5, 5.41) is 7.28. The molecule has 4 heterocycles. The first-order valence-electron chi connectivity index (χ1n) is 15.8. The van der Waals surface area contributed by atoms with E-state index in [9.17, 15) is 0 Å². The number of thiophene rings is 1. The average molecular weight is 633 g/mol. The van der Waals surface area contributed by atoms with Crippen LogP contribution in [0.15, 0.2) is 146 Å². The third kappa shape index (κ3) is 4.22. The highest BCUT2D eigenvalue weighted by Gasteiger charge is 2.20. The second kappa shape index (κ2) is 10.6. The highest BCUT2D eigenvalue weighted by atomic mass is 32.1. The lowest BCUT2D eigenvalue weighted by Crippen LogP contribution is -2.03. The van der Waals surface area contributed by atoms with Gasteiger partial charge in [0.25, 0.3) is 0 Å². The van der Waals surface area contributed by atoms with Gasteiger partial charge in [-0.15, -0.1) is 11.3 Å². The van der Waals surface area contributed by atoms with Gasteiger partial charge >= 0.3 is 0 Å².